The zero-order chi connectivity index (χ0) is 15.6. The van der Waals surface area contributed by atoms with Crippen molar-refractivity contribution < 1.29 is 4.79 Å². The molecule has 0 spiro atoms. The van der Waals surface area contributed by atoms with Gasteiger partial charge in [-0.3, -0.25) is 4.79 Å². The zero-order valence-electron chi connectivity index (χ0n) is 12.8. The van der Waals surface area contributed by atoms with Crippen molar-refractivity contribution >= 4 is 29.1 Å². The van der Waals surface area contributed by atoms with E-state index in [1.807, 2.05) is 0 Å². The van der Waals surface area contributed by atoms with Gasteiger partial charge in [0.2, 0.25) is 0 Å². The quantitative estimate of drug-likeness (QED) is 0.813. The van der Waals surface area contributed by atoms with Gasteiger partial charge in [0, 0.05) is 6.04 Å². The second-order valence-corrected chi connectivity index (χ2v) is 7.32. The molecular weight excluding hydrogens is 305 g/mol. The van der Waals surface area contributed by atoms with Crippen LogP contribution in [0, 0.1) is 17.8 Å². The Morgan fingerprint density at radius 1 is 1.24 bits per heavy atom. The van der Waals surface area contributed by atoms with Crippen molar-refractivity contribution in [3.8, 4) is 0 Å². The summed E-state index contributed by atoms with van der Waals surface area (Å²) >= 11 is 12.2. The minimum Gasteiger partial charge on any atom is -0.349 e. The highest BCUT2D eigenvalue weighted by Gasteiger charge is 2.32. The van der Waals surface area contributed by atoms with Crippen LogP contribution in [0.1, 0.15) is 50.4 Å². The van der Waals surface area contributed by atoms with E-state index in [-0.39, 0.29) is 11.9 Å². The fourth-order valence-corrected chi connectivity index (χ4v) is 3.89. The Morgan fingerprint density at radius 3 is 2.43 bits per heavy atom. The Balaban J connectivity index is 2.17. The molecule has 1 amide bonds. The standard InChI is InChI=1S/C17H23Cl2NO/c1-10(2)12-8-7-11(3)9-15(12)20-17(21)16-13(18)5-4-6-14(16)19/h4-6,10-12,15H,7-9H2,1-3H3,(H,20,21)/t11-,12+,15+/m1/s1. The second-order valence-electron chi connectivity index (χ2n) is 6.50. The number of amides is 1. The molecule has 0 unspecified atom stereocenters. The van der Waals surface area contributed by atoms with Crippen molar-refractivity contribution in [3.63, 3.8) is 0 Å². The van der Waals surface area contributed by atoms with Gasteiger partial charge < -0.3 is 5.32 Å². The molecule has 1 aromatic rings. The number of carbonyl (C=O) groups is 1. The Morgan fingerprint density at radius 2 is 1.86 bits per heavy atom. The molecule has 0 bridgehead atoms. The van der Waals surface area contributed by atoms with Crippen LogP contribution in [0.3, 0.4) is 0 Å². The molecule has 0 aliphatic heterocycles. The lowest BCUT2D eigenvalue weighted by molar-refractivity contribution is 0.0868. The van der Waals surface area contributed by atoms with E-state index in [0.29, 0.717) is 33.4 Å². The molecule has 3 atom stereocenters. The average Bonchev–Trinajstić information content (AvgIpc) is 2.38. The maximum absolute atomic E-state index is 12.5. The summed E-state index contributed by atoms with van der Waals surface area (Å²) in [6, 6.07) is 5.35. The third-order valence-electron chi connectivity index (χ3n) is 4.53. The summed E-state index contributed by atoms with van der Waals surface area (Å²) in [5, 5.41) is 3.99. The van der Waals surface area contributed by atoms with Crippen LogP contribution in [0.25, 0.3) is 0 Å². The first-order valence-corrected chi connectivity index (χ1v) is 8.40. The van der Waals surface area contributed by atoms with E-state index < -0.39 is 0 Å². The Kier molecular flexibility index (Phi) is 5.56. The van der Waals surface area contributed by atoms with Gasteiger partial charge in [-0.15, -0.1) is 0 Å². The number of hydrogen-bond acceptors (Lipinski definition) is 1. The number of hydrogen-bond donors (Lipinski definition) is 1. The minimum absolute atomic E-state index is 0.157. The van der Waals surface area contributed by atoms with Crippen LogP contribution >= 0.6 is 23.2 Å². The Labute approximate surface area is 137 Å². The summed E-state index contributed by atoms with van der Waals surface area (Å²) in [4.78, 5) is 12.5. The molecule has 2 nitrogen and oxygen atoms in total. The monoisotopic (exact) mass is 327 g/mol. The summed E-state index contributed by atoms with van der Waals surface area (Å²) < 4.78 is 0. The van der Waals surface area contributed by atoms with Crippen molar-refractivity contribution in [2.45, 2.75) is 46.1 Å². The number of rotatable bonds is 3. The molecule has 1 N–H and O–H groups in total. The van der Waals surface area contributed by atoms with Crippen molar-refractivity contribution in [3.05, 3.63) is 33.8 Å². The van der Waals surface area contributed by atoms with E-state index in [2.05, 4.69) is 26.1 Å². The minimum atomic E-state index is -0.157. The van der Waals surface area contributed by atoms with Crippen LogP contribution in [-0.4, -0.2) is 11.9 Å². The molecule has 0 saturated heterocycles. The summed E-state index contributed by atoms with van der Waals surface area (Å²) in [6.07, 6.45) is 3.43. The van der Waals surface area contributed by atoms with Gasteiger partial charge in [-0.05, 0) is 42.7 Å². The van der Waals surface area contributed by atoms with Gasteiger partial charge in [0.1, 0.15) is 0 Å². The van der Waals surface area contributed by atoms with E-state index >= 15 is 0 Å². The van der Waals surface area contributed by atoms with E-state index in [4.69, 9.17) is 23.2 Å². The predicted molar refractivity (Wildman–Crippen MR) is 89.1 cm³/mol. The predicted octanol–water partition coefficient (Wildman–Crippen LogP) is 5.18. The highest BCUT2D eigenvalue weighted by atomic mass is 35.5. The lowest BCUT2D eigenvalue weighted by atomic mass is 9.74. The average molecular weight is 328 g/mol. The lowest BCUT2D eigenvalue weighted by Gasteiger charge is -2.37. The number of carbonyl (C=O) groups excluding carboxylic acids is 1. The van der Waals surface area contributed by atoms with E-state index in [1.54, 1.807) is 18.2 Å². The van der Waals surface area contributed by atoms with E-state index in [0.717, 1.165) is 6.42 Å². The summed E-state index contributed by atoms with van der Waals surface area (Å²) in [6.45, 7) is 6.70. The van der Waals surface area contributed by atoms with Crippen LogP contribution in [0.5, 0.6) is 0 Å². The van der Waals surface area contributed by atoms with Crippen molar-refractivity contribution in [1.29, 1.82) is 0 Å². The van der Waals surface area contributed by atoms with E-state index in [9.17, 15) is 4.79 Å². The largest absolute Gasteiger partial charge is 0.349 e. The maximum atomic E-state index is 12.5. The Bertz CT molecular complexity index is 495. The molecule has 2 rings (SSSR count). The van der Waals surface area contributed by atoms with Gasteiger partial charge >= 0.3 is 0 Å². The van der Waals surface area contributed by atoms with Gasteiger partial charge in [-0.2, -0.15) is 0 Å². The smallest absolute Gasteiger partial charge is 0.254 e. The molecule has 0 aromatic heterocycles. The number of nitrogens with one attached hydrogen (secondary N) is 1. The highest BCUT2D eigenvalue weighted by molar-refractivity contribution is 6.39. The topological polar surface area (TPSA) is 29.1 Å². The van der Waals surface area contributed by atoms with Crippen LogP contribution in [0.2, 0.25) is 10.0 Å². The molecule has 1 aliphatic rings. The summed E-state index contributed by atoms with van der Waals surface area (Å²) in [7, 11) is 0. The third kappa shape index (κ3) is 3.92. The van der Waals surface area contributed by atoms with Crippen LogP contribution in [0.15, 0.2) is 18.2 Å². The first-order valence-electron chi connectivity index (χ1n) is 7.65. The van der Waals surface area contributed by atoms with Crippen LogP contribution < -0.4 is 5.32 Å². The van der Waals surface area contributed by atoms with E-state index in [1.165, 1.54) is 12.8 Å². The Hall–Kier alpha value is -0.730. The van der Waals surface area contributed by atoms with Gasteiger partial charge in [-0.25, -0.2) is 0 Å². The highest BCUT2D eigenvalue weighted by Crippen LogP contribution is 2.34. The van der Waals surface area contributed by atoms with Gasteiger partial charge in [0.15, 0.2) is 0 Å². The molecule has 21 heavy (non-hydrogen) atoms. The van der Waals surface area contributed by atoms with Crippen molar-refractivity contribution in [1.82, 2.24) is 5.32 Å². The fourth-order valence-electron chi connectivity index (χ4n) is 3.32. The zero-order valence-corrected chi connectivity index (χ0v) is 14.3. The fraction of sp³-hybridized carbons (Fsp3) is 0.588. The maximum Gasteiger partial charge on any atom is 0.254 e. The van der Waals surface area contributed by atoms with Crippen LogP contribution in [-0.2, 0) is 0 Å². The van der Waals surface area contributed by atoms with Crippen LogP contribution in [0.4, 0.5) is 0 Å². The van der Waals surface area contributed by atoms with Gasteiger partial charge in [-0.1, -0.05) is 56.5 Å². The molecule has 1 aromatic carbocycles. The molecule has 0 heterocycles. The molecular formula is C17H23Cl2NO. The number of halogens is 2. The lowest BCUT2D eigenvalue weighted by Crippen LogP contribution is -2.45. The SMILES string of the molecule is CC(C)[C@@H]1CC[C@@H](C)C[C@@H]1NC(=O)c1c(Cl)cccc1Cl. The van der Waals surface area contributed by atoms with Gasteiger partial charge in [0.05, 0.1) is 15.6 Å². The summed E-state index contributed by atoms with van der Waals surface area (Å²) in [5.41, 5.74) is 0.390. The molecule has 1 saturated carbocycles. The molecule has 1 fully saturated rings. The molecule has 116 valence electrons. The first-order chi connectivity index (χ1) is 9.90. The molecule has 4 heteroatoms. The summed E-state index contributed by atoms with van der Waals surface area (Å²) in [5.74, 6) is 1.57. The van der Waals surface area contributed by atoms with Crippen molar-refractivity contribution in [2.24, 2.45) is 17.8 Å². The third-order valence-corrected chi connectivity index (χ3v) is 5.16. The van der Waals surface area contributed by atoms with Gasteiger partial charge in [0.25, 0.3) is 5.91 Å². The normalized spacial score (nSPS) is 25.9. The number of benzene rings is 1. The second kappa shape index (κ2) is 7.02. The first kappa shape index (κ1) is 16.6. The van der Waals surface area contributed by atoms with Crippen molar-refractivity contribution in [2.75, 3.05) is 0 Å². The molecule has 1 aliphatic carbocycles. The molecule has 0 radical (unpaired) electrons.